The van der Waals surface area contributed by atoms with Gasteiger partial charge in [-0.2, -0.15) is 0 Å². The van der Waals surface area contributed by atoms with E-state index >= 15 is 0 Å². The summed E-state index contributed by atoms with van der Waals surface area (Å²) in [6.07, 6.45) is 1.04. The number of carbonyl (C=O) groups is 1. The number of rotatable bonds is 6. The van der Waals surface area contributed by atoms with Gasteiger partial charge in [-0.05, 0) is 32.1 Å². The highest BCUT2D eigenvalue weighted by atomic mass is 16.7. The van der Waals surface area contributed by atoms with Gasteiger partial charge in [-0.1, -0.05) is 12.1 Å². The van der Waals surface area contributed by atoms with Gasteiger partial charge in [0.05, 0.1) is 13.2 Å². The van der Waals surface area contributed by atoms with Gasteiger partial charge >= 0.3 is 0 Å². The molecule has 19 heavy (non-hydrogen) atoms. The molecule has 0 unspecified atom stereocenters. The van der Waals surface area contributed by atoms with Gasteiger partial charge in [-0.15, -0.1) is 0 Å². The predicted octanol–water partition coefficient (Wildman–Crippen LogP) is 1.67. The lowest BCUT2D eigenvalue weighted by Crippen LogP contribution is -2.15. The Hall–Kier alpha value is -1.43. The third-order valence-corrected chi connectivity index (χ3v) is 2.89. The fraction of sp³-hybridized carbons (Fsp3) is 0.500. The number of nitrogens with one attached hydrogen (secondary N) is 2. The van der Waals surface area contributed by atoms with Crippen molar-refractivity contribution in [3.63, 3.8) is 0 Å². The van der Waals surface area contributed by atoms with Crippen LogP contribution in [0.2, 0.25) is 0 Å². The Morgan fingerprint density at radius 3 is 2.89 bits per heavy atom. The zero-order chi connectivity index (χ0) is 13.5. The summed E-state index contributed by atoms with van der Waals surface area (Å²) in [6.45, 7) is 2.08. The molecule has 2 rings (SSSR count). The number of ether oxygens (including phenoxy) is 2. The van der Waals surface area contributed by atoms with Crippen molar-refractivity contribution in [3.05, 3.63) is 29.8 Å². The van der Waals surface area contributed by atoms with E-state index in [-0.39, 0.29) is 12.2 Å². The van der Waals surface area contributed by atoms with Crippen LogP contribution in [0, 0.1) is 0 Å². The lowest BCUT2D eigenvalue weighted by Gasteiger charge is -2.11. The van der Waals surface area contributed by atoms with Crippen LogP contribution in [0.25, 0.3) is 0 Å². The molecule has 0 bridgehead atoms. The zero-order valence-corrected chi connectivity index (χ0v) is 11.1. The minimum absolute atomic E-state index is 0.0284. The molecular formula is C14H20N2O3. The summed E-state index contributed by atoms with van der Waals surface area (Å²) in [7, 11) is 1.88. The van der Waals surface area contributed by atoms with E-state index in [1.807, 2.05) is 31.3 Å². The van der Waals surface area contributed by atoms with Crippen molar-refractivity contribution < 1.29 is 14.3 Å². The van der Waals surface area contributed by atoms with Crippen LogP contribution in [0.1, 0.15) is 24.7 Å². The van der Waals surface area contributed by atoms with Gasteiger partial charge in [-0.3, -0.25) is 4.79 Å². The smallest absolute Gasteiger partial charge is 0.224 e. The molecule has 1 heterocycles. The molecule has 0 saturated carbocycles. The van der Waals surface area contributed by atoms with Crippen LogP contribution < -0.4 is 10.6 Å². The summed E-state index contributed by atoms with van der Waals surface area (Å²) in [5, 5.41) is 5.91. The number of benzene rings is 1. The first kappa shape index (κ1) is 14.0. The van der Waals surface area contributed by atoms with Crippen LogP contribution in [0.5, 0.6) is 0 Å². The molecule has 1 aromatic rings. The number of carbonyl (C=O) groups excluding carboxylic acids is 1. The number of amides is 1. The molecule has 0 spiro atoms. The molecule has 0 aliphatic carbocycles. The van der Waals surface area contributed by atoms with E-state index in [4.69, 9.17) is 9.47 Å². The summed E-state index contributed by atoms with van der Waals surface area (Å²) in [5.41, 5.74) is 1.72. The van der Waals surface area contributed by atoms with Gasteiger partial charge in [-0.25, -0.2) is 0 Å². The third-order valence-electron chi connectivity index (χ3n) is 2.89. The minimum atomic E-state index is -0.304. The van der Waals surface area contributed by atoms with Crippen LogP contribution in [0.4, 0.5) is 5.69 Å². The van der Waals surface area contributed by atoms with Crippen LogP contribution in [-0.4, -0.2) is 32.7 Å². The molecule has 0 atom stereocenters. The van der Waals surface area contributed by atoms with Crippen molar-refractivity contribution in [1.29, 1.82) is 0 Å². The summed E-state index contributed by atoms with van der Waals surface area (Å²) in [4.78, 5) is 11.7. The maximum atomic E-state index is 11.7. The second kappa shape index (κ2) is 7.23. The van der Waals surface area contributed by atoms with E-state index < -0.39 is 0 Å². The maximum absolute atomic E-state index is 11.7. The monoisotopic (exact) mass is 264 g/mol. The Labute approximate surface area is 113 Å². The van der Waals surface area contributed by atoms with Gasteiger partial charge in [0, 0.05) is 17.7 Å². The molecule has 1 aliphatic heterocycles. The highest BCUT2D eigenvalue weighted by Crippen LogP contribution is 2.25. The van der Waals surface area contributed by atoms with Crippen molar-refractivity contribution in [1.82, 2.24) is 5.32 Å². The average Bonchev–Trinajstić information content (AvgIpc) is 2.93. The fourth-order valence-electron chi connectivity index (χ4n) is 1.96. The second-order valence-corrected chi connectivity index (χ2v) is 4.45. The van der Waals surface area contributed by atoms with Crippen LogP contribution in [0.3, 0.4) is 0 Å². The SMILES string of the molecule is CNCCCC(=O)Nc1cccc(C2OCCO2)c1. The lowest BCUT2D eigenvalue weighted by atomic mass is 10.2. The Kier molecular flexibility index (Phi) is 5.32. The molecule has 5 heteroatoms. The van der Waals surface area contributed by atoms with Crippen molar-refractivity contribution in [3.8, 4) is 0 Å². The molecule has 1 saturated heterocycles. The first-order valence-corrected chi connectivity index (χ1v) is 6.57. The van der Waals surface area contributed by atoms with Crippen molar-refractivity contribution in [2.45, 2.75) is 19.1 Å². The molecule has 0 radical (unpaired) electrons. The van der Waals surface area contributed by atoms with Gasteiger partial charge in [0.2, 0.25) is 5.91 Å². The average molecular weight is 264 g/mol. The van der Waals surface area contributed by atoms with Gasteiger partial charge in [0.1, 0.15) is 0 Å². The van der Waals surface area contributed by atoms with E-state index in [0.717, 1.165) is 24.2 Å². The van der Waals surface area contributed by atoms with Crippen LogP contribution in [-0.2, 0) is 14.3 Å². The highest BCUT2D eigenvalue weighted by molar-refractivity contribution is 5.90. The molecule has 1 fully saturated rings. The molecular weight excluding hydrogens is 244 g/mol. The molecule has 0 aromatic heterocycles. The maximum Gasteiger partial charge on any atom is 0.224 e. The molecule has 104 valence electrons. The van der Waals surface area contributed by atoms with Gasteiger partial charge in [0.25, 0.3) is 0 Å². The number of hydrogen-bond donors (Lipinski definition) is 2. The van der Waals surface area contributed by atoms with Crippen molar-refractivity contribution in [2.75, 3.05) is 32.1 Å². The Bertz CT molecular complexity index is 417. The molecule has 2 N–H and O–H groups in total. The zero-order valence-electron chi connectivity index (χ0n) is 11.1. The Morgan fingerprint density at radius 1 is 1.37 bits per heavy atom. The predicted molar refractivity (Wildman–Crippen MR) is 72.9 cm³/mol. The molecule has 1 aromatic carbocycles. The first-order chi connectivity index (χ1) is 9.29. The van der Waals surface area contributed by atoms with Crippen molar-refractivity contribution in [2.24, 2.45) is 0 Å². The third kappa shape index (κ3) is 4.31. The summed E-state index contributed by atoms with van der Waals surface area (Å²) in [5.74, 6) is 0.0284. The van der Waals surface area contributed by atoms with E-state index in [1.54, 1.807) is 0 Å². The minimum Gasteiger partial charge on any atom is -0.346 e. The topological polar surface area (TPSA) is 59.6 Å². The van der Waals surface area contributed by atoms with E-state index in [9.17, 15) is 4.79 Å². The van der Waals surface area contributed by atoms with E-state index in [1.165, 1.54) is 0 Å². The largest absolute Gasteiger partial charge is 0.346 e. The van der Waals surface area contributed by atoms with Gasteiger partial charge < -0.3 is 20.1 Å². The van der Waals surface area contributed by atoms with Crippen molar-refractivity contribution >= 4 is 11.6 Å². The van der Waals surface area contributed by atoms with Gasteiger partial charge in [0.15, 0.2) is 6.29 Å². The summed E-state index contributed by atoms with van der Waals surface area (Å²) >= 11 is 0. The Balaban J connectivity index is 1.89. The Morgan fingerprint density at radius 2 is 2.16 bits per heavy atom. The first-order valence-electron chi connectivity index (χ1n) is 6.57. The normalized spacial score (nSPS) is 15.6. The molecule has 1 amide bonds. The number of hydrogen-bond acceptors (Lipinski definition) is 4. The van der Waals surface area contributed by atoms with E-state index in [2.05, 4.69) is 10.6 Å². The lowest BCUT2D eigenvalue weighted by molar-refractivity contribution is -0.116. The van der Waals surface area contributed by atoms with Crippen LogP contribution >= 0.6 is 0 Å². The summed E-state index contributed by atoms with van der Waals surface area (Å²) < 4.78 is 10.9. The van der Waals surface area contributed by atoms with Crippen LogP contribution in [0.15, 0.2) is 24.3 Å². The fourth-order valence-corrected chi connectivity index (χ4v) is 1.96. The number of anilines is 1. The second-order valence-electron chi connectivity index (χ2n) is 4.45. The van der Waals surface area contributed by atoms with E-state index in [0.29, 0.717) is 19.6 Å². The summed E-state index contributed by atoms with van der Waals surface area (Å²) in [6, 6.07) is 7.59. The highest BCUT2D eigenvalue weighted by Gasteiger charge is 2.18. The standard InChI is InChI=1S/C14H20N2O3/c1-15-7-3-6-13(17)16-12-5-2-4-11(10-12)14-18-8-9-19-14/h2,4-5,10,14-15H,3,6-9H2,1H3,(H,16,17). The molecule has 1 aliphatic rings. The quantitative estimate of drug-likeness (QED) is 0.767. The molecule has 5 nitrogen and oxygen atoms in total.